The number of aliphatic hydroxyl groups excluding tert-OH is 1. The van der Waals surface area contributed by atoms with Crippen LogP contribution in [0.2, 0.25) is 0 Å². The Kier molecular flexibility index (Phi) is 24.4. The number of aliphatic hydroxyl groups is 1. The van der Waals surface area contributed by atoms with Crippen molar-refractivity contribution in [2.24, 2.45) is 27.9 Å². The van der Waals surface area contributed by atoms with Crippen molar-refractivity contribution >= 4 is 64.8 Å². The average molecular weight is 958 g/mol. The van der Waals surface area contributed by atoms with E-state index in [0.717, 1.165) is 19.1 Å². The molecule has 2 rings (SSSR count). The van der Waals surface area contributed by atoms with Gasteiger partial charge >= 0.3 is 5.69 Å². The van der Waals surface area contributed by atoms with Crippen molar-refractivity contribution in [1.82, 2.24) is 47.5 Å². The molecule has 1 aromatic heterocycles. The third-order valence-corrected chi connectivity index (χ3v) is 9.47. The predicted octanol–water partition coefficient (Wildman–Crippen LogP) is -6.07. The first-order valence-electron chi connectivity index (χ1n) is 21.0. The zero-order valence-corrected chi connectivity index (χ0v) is 37.2. The van der Waals surface area contributed by atoms with E-state index in [4.69, 9.17) is 22.9 Å². The summed E-state index contributed by atoms with van der Waals surface area (Å²) in [5.41, 5.74) is 21.2. The number of phenolic OH excluding ortho intramolecular Hbond substituents is 1. The van der Waals surface area contributed by atoms with Crippen molar-refractivity contribution in [2.45, 2.75) is 82.1 Å². The Labute approximate surface area is 389 Å². The van der Waals surface area contributed by atoms with E-state index in [1.165, 1.54) is 18.3 Å². The molecule has 0 spiro atoms. The van der Waals surface area contributed by atoms with Gasteiger partial charge in [-0.1, -0.05) is 12.1 Å². The number of carbonyl (C=O) groups is 9. The average Bonchev–Trinajstić information content (AvgIpc) is 3.29. The fourth-order valence-corrected chi connectivity index (χ4v) is 6.07. The van der Waals surface area contributed by atoms with Crippen LogP contribution in [0.15, 0.2) is 47.6 Å². The molecule has 372 valence electrons. The molecule has 0 bridgehead atoms. The van der Waals surface area contributed by atoms with Crippen molar-refractivity contribution < 1.29 is 58.3 Å². The molecule has 0 saturated heterocycles. The number of hydrogen-bond acceptors (Lipinski definition) is 16. The summed E-state index contributed by atoms with van der Waals surface area (Å²) in [4.78, 5) is 134. The number of benzene rings is 1. The molecule has 0 radical (unpaired) electrons. The smallest absolute Gasteiger partial charge is 0.310 e. The molecule has 1 aromatic carbocycles. The number of amides is 9. The molecule has 28 heteroatoms. The van der Waals surface area contributed by atoms with E-state index in [1.807, 2.05) is 0 Å². The third kappa shape index (κ3) is 21.3. The van der Waals surface area contributed by atoms with Crippen LogP contribution in [0.3, 0.4) is 0 Å². The molecule has 0 saturated carbocycles. The van der Waals surface area contributed by atoms with E-state index in [1.54, 1.807) is 12.1 Å². The number of aromatic hydroxyl groups is 1. The fraction of sp³-hybridized carbons (Fsp3) is 0.475. The molecule has 18 N–H and O–H groups in total. The number of nitro benzene ring substituents is 1. The van der Waals surface area contributed by atoms with Gasteiger partial charge in [0.1, 0.15) is 30.2 Å². The second-order valence-electron chi connectivity index (χ2n) is 15.0. The Hall–Kier alpha value is -8.01. The van der Waals surface area contributed by atoms with Gasteiger partial charge in [-0.2, -0.15) is 0 Å². The molecule has 0 fully saturated rings. The lowest BCUT2D eigenvalue weighted by Gasteiger charge is -2.24. The number of aromatic nitrogens is 1. The highest BCUT2D eigenvalue weighted by atomic mass is 16.6. The lowest BCUT2D eigenvalue weighted by Crippen LogP contribution is -2.57. The quantitative estimate of drug-likeness (QED) is 0.0114. The summed E-state index contributed by atoms with van der Waals surface area (Å²) in [5.74, 6) is -8.76. The number of phenols is 1. The van der Waals surface area contributed by atoms with Crippen LogP contribution in [0.25, 0.3) is 0 Å². The molecule has 1 heterocycles. The van der Waals surface area contributed by atoms with Gasteiger partial charge in [-0.15, -0.1) is 0 Å². The SMILES string of the molecule is CC(=O)N[C@@H](CO)C(=O)N[C@@H](CCCN=C(N)N)C(=O)NCC(=O)N[C@@H](Cc1ccccn1)C(=O)N[C@@H](Cc1ccc(O)c([N+](=O)[O-])c1)C(=O)NCC(=O)NCC(=O)N[C@@H](CCCCN)C(N)=O. The van der Waals surface area contributed by atoms with Crippen LogP contribution in [0.4, 0.5) is 5.69 Å². The van der Waals surface area contributed by atoms with Gasteiger partial charge < -0.3 is 75.7 Å². The summed E-state index contributed by atoms with van der Waals surface area (Å²) in [6, 6.07) is 1.000. The van der Waals surface area contributed by atoms with Crippen molar-refractivity contribution in [2.75, 3.05) is 39.3 Å². The zero-order chi connectivity index (χ0) is 50.8. The highest BCUT2D eigenvalue weighted by Crippen LogP contribution is 2.27. The van der Waals surface area contributed by atoms with Gasteiger partial charge in [0.05, 0.1) is 31.2 Å². The first kappa shape index (κ1) is 56.1. The van der Waals surface area contributed by atoms with E-state index in [2.05, 4.69) is 52.5 Å². The third-order valence-electron chi connectivity index (χ3n) is 9.47. The second kappa shape index (κ2) is 29.5. The monoisotopic (exact) mass is 957 g/mol. The van der Waals surface area contributed by atoms with Crippen molar-refractivity contribution in [3.05, 3.63) is 64.0 Å². The van der Waals surface area contributed by atoms with Crippen LogP contribution in [0, 0.1) is 10.1 Å². The number of unbranched alkanes of at least 4 members (excludes halogenated alkanes) is 1. The molecule has 0 aliphatic heterocycles. The van der Waals surface area contributed by atoms with Crippen LogP contribution < -0.4 is 65.5 Å². The minimum Gasteiger partial charge on any atom is -0.502 e. The number of guanidine groups is 1. The number of nitrogens with one attached hydrogen (secondary N) is 8. The van der Waals surface area contributed by atoms with Crippen LogP contribution in [0.5, 0.6) is 5.75 Å². The highest BCUT2D eigenvalue weighted by molar-refractivity contribution is 5.96. The van der Waals surface area contributed by atoms with Crippen LogP contribution in [-0.2, 0) is 56.0 Å². The number of hydrogen-bond donors (Lipinski definition) is 14. The lowest BCUT2D eigenvalue weighted by molar-refractivity contribution is -0.385. The van der Waals surface area contributed by atoms with Gasteiger partial charge in [0.25, 0.3) is 0 Å². The number of nitrogens with two attached hydrogens (primary N) is 4. The molecule has 0 aliphatic carbocycles. The predicted molar refractivity (Wildman–Crippen MR) is 240 cm³/mol. The molecule has 9 amide bonds. The number of aliphatic imine (C=N–C) groups is 1. The molecule has 2 aromatic rings. The van der Waals surface area contributed by atoms with Gasteiger partial charge in [-0.25, -0.2) is 0 Å². The highest BCUT2D eigenvalue weighted by Gasteiger charge is 2.30. The summed E-state index contributed by atoms with van der Waals surface area (Å²) in [7, 11) is 0. The summed E-state index contributed by atoms with van der Waals surface area (Å²) >= 11 is 0. The number of primary amides is 1. The Morgan fingerprint density at radius 3 is 1.88 bits per heavy atom. The number of nitro groups is 1. The second-order valence-corrected chi connectivity index (χ2v) is 15.0. The normalized spacial score (nSPS) is 12.8. The first-order chi connectivity index (χ1) is 32.2. The van der Waals surface area contributed by atoms with E-state index in [9.17, 15) is 63.5 Å². The topological polar surface area (TPSA) is 463 Å². The maximum Gasteiger partial charge on any atom is 0.310 e. The van der Waals surface area contributed by atoms with Gasteiger partial charge in [0.2, 0.25) is 53.2 Å². The minimum absolute atomic E-state index is 0.0487. The van der Waals surface area contributed by atoms with Gasteiger partial charge in [0.15, 0.2) is 11.7 Å². The van der Waals surface area contributed by atoms with Crippen LogP contribution >= 0.6 is 0 Å². The maximum atomic E-state index is 14.0. The van der Waals surface area contributed by atoms with Gasteiger partial charge in [0, 0.05) is 44.3 Å². The molecule has 0 unspecified atom stereocenters. The number of rotatable bonds is 30. The summed E-state index contributed by atoms with van der Waals surface area (Å²) in [6.07, 6.45) is 2.03. The zero-order valence-electron chi connectivity index (χ0n) is 37.2. The van der Waals surface area contributed by atoms with Crippen LogP contribution in [-0.4, -0.2) is 149 Å². The molecule has 68 heavy (non-hydrogen) atoms. The number of carbonyl (C=O) groups excluding carboxylic acids is 9. The summed E-state index contributed by atoms with van der Waals surface area (Å²) in [5, 5.41) is 50.1. The summed E-state index contributed by atoms with van der Waals surface area (Å²) in [6.45, 7) is -1.42. The Balaban J connectivity index is 2.30. The first-order valence-corrected chi connectivity index (χ1v) is 21.0. The standard InChI is InChI=1S/C40H59N15O13/c1-22(57)50-29(21-56)39(66)53-26(9-6-14-46-40(43)44)36(63)49-20-34(61)52-28(17-24-7-3-5-13-45-24)38(65)54-27(15-23-10-11-31(58)30(16-23)55(67)68)37(64)48-18-32(59)47-19-33(60)51-25(35(42)62)8-2-4-12-41/h3,5,7,10-11,13,16,25-29,56,58H,2,4,6,8-9,12,14-15,17-21,41H2,1H3,(H2,42,62)(H,47,59)(H,48,64)(H,49,63)(H,50,57)(H,51,60)(H,52,61)(H,53,66)(H,54,65)(H4,43,44,46)/t25-,26-,27-,28-,29-/m0/s1. The lowest BCUT2D eigenvalue weighted by atomic mass is 10.0. The molecular weight excluding hydrogens is 899 g/mol. The molecule has 5 atom stereocenters. The van der Waals surface area contributed by atoms with Crippen molar-refractivity contribution in [3.63, 3.8) is 0 Å². The Morgan fingerprint density at radius 2 is 1.29 bits per heavy atom. The van der Waals surface area contributed by atoms with E-state index < -0.39 is 132 Å². The van der Waals surface area contributed by atoms with Gasteiger partial charge in [-0.05, 0) is 62.4 Å². The molecule has 28 nitrogen and oxygen atoms in total. The number of pyridine rings is 1. The van der Waals surface area contributed by atoms with Gasteiger partial charge in [-0.3, -0.25) is 63.2 Å². The van der Waals surface area contributed by atoms with E-state index in [0.29, 0.717) is 19.4 Å². The fourth-order valence-electron chi connectivity index (χ4n) is 6.07. The largest absolute Gasteiger partial charge is 0.502 e. The van der Waals surface area contributed by atoms with Crippen molar-refractivity contribution in [3.8, 4) is 5.75 Å². The van der Waals surface area contributed by atoms with Crippen LogP contribution in [0.1, 0.15) is 50.3 Å². The van der Waals surface area contributed by atoms with E-state index >= 15 is 0 Å². The van der Waals surface area contributed by atoms with E-state index in [-0.39, 0.29) is 49.4 Å². The Morgan fingerprint density at radius 1 is 0.706 bits per heavy atom. The number of nitrogens with zero attached hydrogens (tertiary/aromatic N) is 3. The maximum absolute atomic E-state index is 14.0. The molecule has 0 aliphatic rings. The van der Waals surface area contributed by atoms with Crippen molar-refractivity contribution in [1.29, 1.82) is 0 Å². The molecular formula is C40H59N15O13. The minimum atomic E-state index is -1.61. The summed E-state index contributed by atoms with van der Waals surface area (Å²) < 4.78 is 0. The Bertz CT molecular complexity index is 2120.